The Morgan fingerprint density at radius 3 is 2.55 bits per heavy atom. The van der Waals surface area contributed by atoms with Crippen molar-refractivity contribution in [2.24, 2.45) is 0 Å². The first kappa shape index (κ1) is 28.4. The van der Waals surface area contributed by atoms with E-state index in [1.807, 2.05) is 37.3 Å². The first-order valence-electron chi connectivity index (χ1n) is 12.2. The van der Waals surface area contributed by atoms with Crippen LogP contribution in [0.15, 0.2) is 78.4 Å². The molecule has 0 spiro atoms. The summed E-state index contributed by atoms with van der Waals surface area (Å²) < 4.78 is 12.9. The Morgan fingerprint density at radius 1 is 1.00 bits per heavy atom. The van der Waals surface area contributed by atoms with Gasteiger partial charge in [0, 0.05) is 5.02 Å². The van der Waals surface area contributed by atoms with Gasteiger partial charge in [0.15, 0.2) is 16.6 Å². The zero-order chi connectivity index (χ0) is 28.4. The molecule has 1 aliphatic heterocycles. The molecule has 1 saturated heterocycles. The first-order chi connectivity index (χ1) is 19.3. The van der Waals surface area contributed by atoms with Crippen molar-refractivity contribution in [1.29, 1.82) is 0 Å². The largest absolute Gasteiger partial charge is 0.490 e. The standard InChI is InChI=1S/C30H21Cl2IN2O4S/c1-2-38-26-14-17(13-24(33)27(26)39-16-19-8-5-7-18-6-3-4-9-21(18)19)12-22-28(36)34-30(40)35(29(22)37)25-11-10-20(31)15-23(25)32/h3-15H,2,16H2,1H3,(H,34,36,40)/b22-12+. The van der Waals surface area contributed by atoms with Gasteiger partial charge >= 0.3 is 0 Å². The minimum absolute atomic E-state index is 0.0712. The molecule has 4 aromatic carbocycles. The normalized spacial score (nSPS) is 14.6. The van der Waals surface area contributed by atoms with E-state index in [1.165, 1.54) is 17.0 Å². The summed E-state index contributed by atoms with van der Waals surface area (Å²) in [6.07, 6.45) is 1.50. The molecule has 1 fully saturated rings. The molecule has 0 aromatic heterocycles. The molecular weight excluding hydrogens is 682 g/mol. The Balaban J connectivity index is 1.47. The van der Waals surface area contributed by atoms with E-state index in [0.29, 0.717) is 41.0 Å². The Kier molecular flexibility index (Phi) is 8.60. The first-order valence-corrected chi connectivity index (χ1v) is 14.4. The van der Waals surface area contributed by atoms with Gasteiger partial charge in [0.05, 0.1) is 20.9 Å². The molecule has 1 heterocycles. The van der Waals surface area contributed by atoms with E-state index < -0.39 is 11.8 Å². The van der Waals surface area contributed by atoms with Crippen molar-refractivity contribution in [3.05, 3.63) is 103 Å². The Bertz CT molecular complexity index is 1700. The number of benzene rings is 4. The molecule has 1 N–H and O–H groups in total. The van der Waals surface area contributed by atoms with Crippen LogP contribution in [0.5, 0.6) is 11.5 Å². The lowest BCUT2D eigenvalue weighted by molar-refractivity contribution is -0.122. The Hall–Kier alpha value is -3.18. The summed E-state index contributed by atoms with van der Waals surface area (Å²) in [5.74, 6) is -0.145. The third-order valence-electron chi connectivity index (χ3n) is 6.15. The molecule has 0 bridgehead atoms. The fourth-order valence-corrected chi connectivity index (χ4v) is 5.90. The van der Waals surface area contributed by atoms with Gasteiger partial charge in [0.2, 0.25) is 0 Å². The molecule has 0 radical (unpaired) electrons. The van der Waals surface area contributed by atoms with E-state index in [-0.39, 0.29) is 15.7 Å². The topological polar surface area (TPSA) is 67.9 Å². The van der Waals surface area contributed by atoms with Gasteiger partial charge < -0.3 is 9.47 Å². The fourth-order valence-electron chi connectivity index (χ4n) is 4.35. The lowest BCUT2D eigenvalue weighted by Crippen LogP contribution is -2.54. The number of fused-ring (bicyclic) bond motifs is 1. The van der Waals surface area contributed by atoms with E-state index >= 15 is 0 Å². The van der Waals surface area contributed by atoms with Crippen molar-refractivity contribution in [1.82, 2.24) is 5.32 Å². The number of hydrogen-bond donors (Lipinski definition) is 1. The summed E-state index contributed by atoms with van der Waals surface area (Å²) in [4.78, 5) is 27.5. The van der Waals surface area contributed by atoms with Crippen LogP contribution in [-0.2, 0) is 16.2 Å². The summed E-state index contributed by atoms with van der Waals surface area (Å²) in [6.45, 7) is 2.61. The number of amides is 2. The lowest BCUT2D eigenvalue weighted by Gasteiger charge is -2.29. The van der Waals surface area contributed by atoms with Gasteiger partial charge in [-0.3, -0.25) is 19.8 Å². The highest BCUT2D eigenvalue weighted by atomic mass is 127. The van der Waals surface area contributed by atoms with Crippen molar-refractivity contribution in [3.63, 3.8) is 0 Å². The van der Waals surface area contributed by atoms with Gasteiger partial charge in [0.1, 0.15) is 12.2 Å². The highest BCUT2D eigenvalue weighted by Gasteiger charge is 2.35. The molecule has 10 heteroatoms. The number of thiocarbonyl (C=S) groups is 1. The van der Waals surface area contributed by atoms with Gasteiger partial charge in [-0.1, -0.05) is 65.7 Å². The molecule has 4 aromatic rings. The number of carbonyl (C=O) groups excluding carboxylic acids is 2. The zero-order valence-corrected chi connectivity index (χ0v) is 25.5. The maximum absolute atomic E-state index is 13.5. The van der Waals surface area contributed by atoms with Crippen molar-refractivity contribution >= 4 is 97.5 Å². The Morgan fingerprint density at radius 2 is 1.77 bits per heavy atom. The van der Waals surface area contributed by atoms with Crippen LogP contribution < -0.4 is 19.7 Å². The molecule has 0 unspecified atom stereocenters. The third kappa shape index (κ3) is 5.81. The Labute approximate surface area is 260 Å². The smallest absolute Gasteiger partial charge is 0.270 e. The molecule has 202 valence electrons. The van der Waals surface area contributed by atoms with Crippen LogP contribution in [0, 0.1) is 3.57 Å². The second kappa shape index (κ2) is 12.1. The van der Waals surface area contributed by atoms with Crippen LogP contribution in [0.3, 0.4) is 0 Å². The molecular formula is C30H21Cl2IN2O4S. The number of nitrogens with zero attached hydrogens (tertiary/aromatic N) is 1. The number of halogens is 3. The van der Waals surface area contributed by atoms with Crippen molar-refractivity contribution in [2.45, 2.75) is 13.5 Å². The molecule has 2 amide bonds. The van der Waals surface area contributed by atoms with Crippen LogP contribution in [0.25, 0.3) is 16.8 Å². The molecule has 0 aliphatic carbocycles. The number of hydrogen-bond acceptors (Lipinski definition) is 5. The third-order valence-corrected chi connectivity index (χ3v) is 7.77. The van der Waals surface area contributed by atoms with Crippen molar-refractivity contribution in [2.75, 3.05) is 11.5 Å². The fraction of sp³-hybridized carbons (Fsp3) is 0.100. The van der Waals surface area contributed by atoms with Crippen LogP contribution in [-0.4, -0.2) is 23.5 Å². The maximum atomic E-state index is 13.5. The number of nitrogens with one attached hydrogen (secondary N) is 1. The van der Waals surface area contributed by atoms with E-state index in [9.17, 15) is 9.59 Å². The zero-order valence-electron chi connectivity index (χ0n) is 21.0. The second-order valence-electron chi connectivity index (χ2n) is 8.74. The quantitative estimate of drug-likeness (QED) is 0.0932. The minimum Gasteiger partial charge on any atom is -0.490 e. The average molecular weight is 703 g/mol. The number of carbonyl (C=O) groups is 2. The number of ether oxygens (including phenoxy) is 2. The molecule has 40 heavy (non-hydrogen) atoms. The van der Waals surface area contributed by atoms with E-state index in [4.69, 9.17) is 44.9 Å². The maximum Gasteiger partial charge on any atom is 0.270 e. The SMILES string of the molecule is CCOc1cc(/C=C2\C(=O)NC(=S)N(c3ccc(Cl)cc3Cl)C2=O)cc(I)c1OCc1cccc2ccccc12. The van der Waals surface area contributed by atoms with Gasteiger partial charge in [-0.05, 0) is 100 Å². The molecule has 0 atom stereocenters. The van der Waals surface area contributed by atoms with Crippen LogP contribution in [0.4, 0.5) is 5.69 Å². The number of anilines is 1. The number of rotatable bonds is 7. The van der Waals surface area contributed by atoms with Gasteiger partial charge in [0.25, 0.3) is 11.8 Å². The van der Waals surface area contributed by atoms with Crippen LogP contribution in [0.2, 0.25) is 10.0 Å². The van der Waals surface area contributed by atoms with Crippen molar-refractivity contribution in [3.8, 4) is 11.5 Å². The second-order valence-corrected chi connectivity index (χ2v) is 11.1. The van der Waals surface area contributed by atoms with Crippen molar-refractivity contribution < 1.29 is 19.1 Å². The molecule has 6 nitrogen and oxygen atoms in total. The molecule has 1 aliphatic rings. The summed E-state index contributed by atoms with van der Waals surface area (Å²) in [7, 11) is 0. The van der Waals surface area contributed by atoms with Crippen LogP contribution >= 0.6 is 58.0 Å². The summed E-state index contributed by atoms with van der Waals surface area (Å²) >= 11 is 19.8. The van der Waals surface area contributed by atoms with E-state index in [2.05, 4.69) is 46.1 Å². The highest BCUT2D eigenvalue weighted by molar-refractivity contribution is 14.1. The average Bonchev–Trinajstić information content (AvgIpc) is 2.92. The van der Waals surface area contributed by atoms with Gasteiger partial charge in [-0.15, -0.1) is 0 Å². The predicted octanol–water partition coefficient (Wildman–Crippen LogP) is 7.56. The van der Waals surface area contributed by atoms with E-state index in [1.54, 1.807) is 18.2 Å². The molecule has 5 rings (SSSR count). The minimum atomic E-state index is -0.611. The lowest BCUT2D eigenvalue weighted by atomic mass is 10.1. The highest BCUT2D eigenvalue weighted by Crippen LogP contribution is 2.37. The van der Waals surface area contributed by atoms with Gasteiger partial charge in [-0.2, -0.15) is 0 Å². The summed E-state index contributed by atoms with van der Waals surface area (Å²) in [6, 6.07) is 22.5. The van der Waals surface area contributed by atoms with E-state index in [0.717, 1.165) is 19.9 Å². The van der Waals surface area contributed by atoms with Gasteiger partial charge in [-0.25, -0.2) is 0 Å². The van der Waals surface area contributed by atoms with Crippen LogP contribution in [0.1, 0.15) is 18.1 Å². The summed E-state index contributed by atoms with van der Waals surface area (Å²) in [5.41, 5.74) is 1.83. The molecule has 0 saturated carbocycles. The summed E-state index contributed by atoms with van der Waals surface area (Å²) in [5, 5.41) is 5.38. The monoisotopic (exact) mass is 702 g/mol. The predicted molar refractivity (Wildman–Crippen MR) is 171 cm³/mol.